The van der Waals surface area contributed by atoms with Gasteiger partial charge in [-0.2, -0.15) is 11.8 Å². The van der Waals surface area contributed by atoms with Crippen LogP contribution in [-0.4, -0.2) is 4.98 Å². The Kier molecular flexibility index (Phi) is 3.64. The highest BCUT2D eigenvalue weighted by molar-refractivity contribution is 7.97. The lowest BCUT2D eigenvalue weighted by Gasteiger charge is -1.99. The van der Waals surface area contributed by atoms with Gasteiger partial charge in [0.2, 0.25) is 0 Å². The van der Waals surface area contributed by atoms with E-state index >= 15 is 0 Å². The van der Waals surface area contributed by atoms with Crippen molar-refractivity contribution in [1.29, 1.82) is 0 Å². The molecule has 2 nitrogen and oxygen atoms in total. The summed E-state index contributed by atoms with van der Waals surface area (Å²) in [7, 11) is 0. The van der Waals surface area contributed by atoms with Crippen molar-refractivity contribution in [2.24, 2.45) is 0 Å². The highest BCUT2D eigenvalue weighted by atomic mass is 32.2. The van der Waals surface area contributed by atoms with Gasteiger partial charge in [-0.05, 0) is 5.56 Å². The Morgan fingerprint density at radius 1 is 1.20 bits per heavy atom. The molecule has 0 aliphatic rings. The highest BCUT2D eigenvalue weighted by Crippen LogP contribution is 2.19. The fraction of sp³-hybridized carbons (Fsp3) is 0.182. The molecule has 0 spiro atoms. The van der Waals surface area contributed by atoms with E-state index in [0.717, 1.165) is 17.2 Å². The van der Waals surface area contributed by atoms with Gasteiger partial charge in [-0.3, -0.25) is 0 Å². The smallest absolute Gasteiger partial charge is 0.180 e. The van der Waals surface area contributed by atoms with Gasteiger partial charge in [0.1, 0.15) is 0 Å². The van der Waals surface area contributed by atoms with Crippen LogP contribution in [0.3, 0.4) is 0 Å². The van der Waals surface area contributed by atoms with Crippen molar-refractivity contribution in [2.75, 3.05) is 5.73 Å². The molecule has 0 atom stereocenters. The van der Waals surface area contributed by atoms with Crippen LogP contribution in [-0.2, 0) is 11.5 Å². The number of hydrogen-bond acceptors (Lipinski definition) is 4. The largest absolute Gasteiger partial charge is 0.375 e. The van der Waals surface area contributed by atoms with Gasteiger partial charge in [0.15, 0.2) is 5.13 Å². The molecule has 0 aliphatic carbocycles. The Morgan fingerprint density at radius 3 is 2.67 bits per heavy atom. The van der Waals surface area contributed by atoms with Crippen molar-refractivity contribution in [3.05, 3.63) is 47.0 Å². The van der Waals surface area contributed by atoms with Crippen LogP contribution in [0, 0.1) is 0 Å². The molecule has 1 heterocycles. The third kappa shape index (κ3) is 3.25. The molecule has 1 aromatic carbocycles. The molecule has 2 aromatic rings. The summed E-state index contributed by atoms with van der Waals surface area (Å²) in [6, 6.07) is 10.5. The van der Waals surface area contributed by atoms with Gasteiger partial charge in [-0.25, -0.2) is 4.98 Å². The average Bonchev–Trinajstić information content (AvgIpc) is 2.66. The van der Waals surface area contributed by atoms with Crippen LogP contribution in [0.5, 0.6) is 0 Å². The lowest BCUT2D eigenvalue weighted by atomic mass is 10.2. The first-order valence-corrected chi connectivity index (χ1v) is 6.69. The molecule has 0 saturated carbocycles. The molecule has 15 heavy (non-hydrogen) atoms. The van der Waals surface area contributed by atoms with Crippen LogP contribution in [0.25, 0.3) is 0 Å². The van der Waals surface area contributed by atoms with Crippen molar-refractivity contribution in [2.45, 2.75) is 11.5 Å². The van der Waals surface area contributed by atoms with Crippen LogP contribution in [0.2, 0.25) is 0 Å². The number of benzene rings is 1. The summed E-state index contributed by atoms with van der Waals surface area (Å²) in [5.74, 6) is 1.96. The minimum absolute atomic E-state index is 0.658. The molecule has 0 radical (unpaired) electrons. The lowest BCUT2D eigenvalue weighted by molar-refractivity contribution is 1.23. The molecular weight excluding hydrogens is 224 g/mol. The van der Waals surface area contributed by atoms with Crippen molar-refractivity contribution in [1.82, 2.24) is 4.98 Å². The molecule has 0 saturated heterocycles. The van der Waals surface area contributed by atoms with Crippen LogP contribution < -0.4 is 5.73 Å². The summed E-state index contributed by atoms with van der Waals surface area (Å²) in [6.45, 7) is 0. The molecule has 0 bridgehead atoms. The van der Waals surface area contributed by atoms with Crippen molar-refractivity contribution < 1.29 is 0 Å². The average molecular weight is 236 g/mol. The van der Waals surface area contributed by atoms with E-state index in [1.54, 1.807) is 0 Å². The molecule has 0 amide bonds. The van der Waals surface area contributed by atoms with E-state index in [1.807, 2.05) is 23.2 Å². The SMILES string of the molecule is Nc1nc(CSCc2ccccc2)cs1. The van der Waals surface area contributed by atoms with Gasteiger partial charge >= 0.3 is 0 Å². The first kappa shape index (κ1) is 10.5. The zero-order valence-corrected chi connectivity index (χ0v) is 9.85. The molecule has 0 fully saturated rings. The van der Waals surface area contributed by atoms with Gasteiger partial charge in [-0.15, -0.1) is 11.3 Å². The van der Waals surface area contributed by atoms with Gasteiger partial charge in [0, 0.05) is 16.9 Å². The summed E-state index contributed by atoms with van der Waals surface area (Å²) < 4.78 is 0. The van der Waals surface area contributed by atoms with Gasteiger partial charge < -0.3 is 5.73 Å². The zero-order chi connectivity index (χ0) is 10.5. The minimum atomic E-state index is 0.658. The van der Waals surface area contributed by atoms with Crippen LogP contribution in [0.15, 0.2) is 35.7 Å². The lowest BCUT2D eigenvalue weighted by Crippen LogP contribution is -1.86. The van der Waals surface area contributed by atoms with Crippen LogP contribution >= 0.6 is 23.1 Å². The van der Waals surface area contributed by atoms with E-state index in [-0.39, 0.29) is 0 Å². The van der Waals surface area contributed by atoms with Crippen LogP contribution in [0.1, 0.15) is 11.3 Å². The Bertz CT molecular complexity index is 412. The third-order valence-corrected chi connectivity index (χ3v) is 3.69. The quantitative estimate of drug-likeness (QED) is 0.886. The number of thioether (sulfide) groups is 1. The summed E-state index contributed by atoms with van der Waals surface area (Å²) >= 11 is 3.37. The number of hydrogen-bond donors (Lipinski definition) is 1. The molecule has 2 rings (SSSR count). The maximum atomic E-state index is 5.56. The molecule has 1 aromatic heterocycles. The van der Waals surface area contributed by atoms with E-state index < -0.39 is 0 Å². The normalized spacial score (nSPS) is 10.4. The van der Waals surface area contributed by atoms with Crippen molar-refractivity contribution >= 4 is 28.2 Å². The minimum Gasteiger partial charge on any atom is -0.375 e. The highest BCUT2D eigenvalue weighted by Gasteiger charge is 1.99. The Labute approximate surface area is 97.5 Å². The fourth-order valence-electron chi connectivity index (χ4n) is 1.24. The number of rotatable bonds is 4. The first-order valence-electron chi connectivity index (χ1n) is 4.66. The maximum Gasteiger partial charge on any atom is 0.180 e. The number of nitrogens with zero attached hydrogens (tertiary/aromatic N) is 1. The molecule has 78 valence electrons. The summed E-state index contributed by atoms with van der Waals surface area (Å²) in [6.07, 6.45) is 0. The second-order valence-electron chi connectivity index (χ2n) is 3.16. The predicted molar refractivity (Wildman–Crippen MR) is 68.0 cm³/mol. The molecule has 2 N–H and O–H groups in total. The van der Waals surface area contributed by atoms with E-state index in [0.29, 0.717) is 5.13 Å². The van der Waals surface area contributed by atoms with E-state index in [2.05, 4.69) is 29.2 Å². The molecule has 0 unspecified atom stereocenters. The van der Waals surface area contributed by atoms with Crippen molar-refractivity contribution in [3.63, 3.8) is 0 Å². The van der Waals surface area contributed by atoms with Crippen molar-refractivity contribution in [3.8, 4) is 0 Å². The summed E-state index contributed by atoms with van der Waals surface area (Å²) in [4.78, 5) is 4.22. The summed E-state index contributed by atoms with van der Waals surface area (Å²) in [5, 5.41) is 2.68. The number of thiazole rings is 1. The number of aromatic nitrogens is 1. The second kappa shape index (κ2) is 5.19. The Morgan fingerprint density at radius 2 is 2.00 bits per heavy atom. The Balaban J connectivity index is 1.80. The third-order valence-electron chi connectivity index (χ3n) is 1.93. The zero-order valence-electron chi connectivity index (χ0n) is 8.22. The molecular formula is C11H12N2S2. The topological polar surface area (TPSA) is 38.9 Å². The van der Waals surface area contributed by atoms with E-state index in [4.69, 9.17) is 5.73 Å². The monoisotopic (exact) mass is 236 g/mol. The van der Waals surface area contributed by atoms with Crippen LogP contribution in [0.4, 0.5) is 5.13 Å². The molecule has 4 heteroatoms. The fourth-order valence-corrected chi connectivity index (χ4v) is 2.79. The maximum absolute atomic E-state index is 5.56. The first-order chi connectivity index (χ1) is 7.34. The predicted octanol–water partition coefficient (Wildman–Crippen LogP) is 3.16. The van der Waals surface area contributed by atoms with Gasteiger partial charge in [0.05, 0.1) is 5.69 Å². The molecule has 0 aliphatic heterocycles. The van der Waals surface area contributed by atoms with E-state index in [9.17, 15) is 0 Å². The van der Waals surface area contributed by atoms with Gasteiger partial charge in [-0.1, -0.05) is 30.3 Å². The van der Waals surface area contributed by atoms with Gasteiger partial charge in [0.25, 0.3) is 0 Å². The second-order valence-corrected chi connectivity index (χ2v) is 5.03. The summed E-state index contributed by atoms with van der Waals surface area (Å²) in [5.41, 5.74) is 7.99. The Hall–Kier alpha value is -1.00. The standard InChI is InChI=1S/C11H12N2S2/c12-11-13-10(8-15-11)7-14-6-9-4-2-1-3-5-9/h1-5,8H,6-7H2,(H2,12,13). The number of nitrogens with two attached hydrogens (primary N) is 1. The number of anilines is 1. The van der Waals surface area contributed by atoms with E-state index in [1.165, 1.54) is 16.9 Å². The number of nitrogen functional groups attached to an aromatic ring is 1.